The van der Waals surface area contributed by atoms with Gasteiger partial charge in [-0.2, -0.15) is 0 Å². The van der Waals surface area contributed by atoms with Crippen LogP contribution in [0.5, 0.6) is 11.5 Å². The lowest BCUT2D eigenvalue weighted by molar-refractivity contribution is -0.120. The summed E-state index contributed by atoms with van der Waals surface area (Å²) in [4.78, 5) is 28.8. The molecular formula is C24H22N2O4S. The van der Waals surface area contributed by atoms with Gasteiger partial charge in [0.05, 0.1) is 31.2 Å². The maximum Gasteiger partial charge on any atom is 0.282 e. The summed E-state index contributed by atoms with van der Waals surface area (Å²) < 4.78 is 10.7. The van der Waals surface area contributed by atoms with Crippen LogP contribution in [0.25, 0.3) is 5.57 Å². The van der Waals surface area contributed by atoms with E-state index in [0.29, 0.717) is 28.4 Å². The first-order valence-corrected chi connectivity index (χ1v) is 10.6. The highest BCUT2D eigenvalue weighted by molar-refractivity contribution is 7.11. The van der Waals surface area contributed by atoms with Gasteiger partial charge in [-0.3, -0.25) is 9.59 Å². The van der Waals surface area contributed by atoms with Gasteiger partial charge in [-0.15, -0.1) is 11.3 Å². The molecule has 7 heteroatoms. The van der Waals surface area contributed by atoms with Gasteiger partial charge >= 0.3 is 0 Å². The zero-order chi connectivity index (χ0) is 22.1. The lowest BCUT2D eigenvalue weighted by Crippen LogP contribution is -2.32. The third-order valence-corrected chi connectivity index (χ3v) is 6.16. The van der Waals surface area contributed by atoms with Crippen LogP contribution in [0.4, 0.5) is 11.4 Å². The van der Waals surface area contributed by atoms with Crippen LogP contribution in [0.2, 0.25) is 0 Å². The summed E-state index contributed by atoms with van der Waals surface area (Å²) in [5, 5.41) is 5.03. The molecule has 0 bridgehead atoms. The van der Waals surface area contributed by atoms with Crippen molar-refractivity contribution in [2.45, 2.75) is 13.8 Å². The van der Waals surface area contributed by atoms with Crippen LogP contribution in [-0.4, -0.2) is 26.0 Å². The summed E-state index contributed by atoms with van der Waals surface area (Å²) in [6, 6.07) is 14.5. The van der Waals surface area contributed by atoms with Gasteiger partial charge in [-0.25, -0.2) is 4.90 Å². The Morgan fingerprint density at radius 2 is 1.71 bits per heavy atom. The molecule has 2 heterocycles. The second kappa shape index (κ2) is 8.28. The van der Waals surface area contributed by atoms with E-state index in [-0.39, 0.29) is 11.6 Å². The molecule has 1 N–H and O–H groups in total. The summed E-state index contributed by atoms with van der Waals surface area (Å²) in [6.07, 6.45) is 0. The predicted octanol–water partition coefficient (Wildman–Crippen LogP) is 4.78. The van der Waals surface area contributed by atoms with Crippen molar-refractivity contribution >= 4 is 40.1 Å². The smallest absolute Gasteiger partial charge is 0.282 e. The fraction of sp³-hybridized carbons (Fsp3) is 0.167. The molecule has 0 fully saturated rings. The fourth-order valence-electron chi connectivity index (χ4n) is 3.43. The molecule has 0 saturated heterocycles. The molecule has 6 nitrogen and oxygen atoms in total. The van der Waals surface area contributed by atoms with Crippen molar-refractivity contribution < 1.29 is 19.1 Å². The normalized spacial score (nSPS) is 13.7. The maximum absolute atomic E-state index is 13.5. The molecule has 0 aliphatic carbocycles. The number of ether oxygens (including phenoxy) is 2. The van der Waals surface area contributed by atoms with Crippen molar-refractivity contribution in [1.82, 2.24) is 0 Å². The Balaban J connectivity index is 1.80. The van der Waals surface area contributed by atoms with Crippen molar-refractivity contribution in [1.29, 1.82) is 0 Å². The lowest BCUT2D eigenvalue weighted by atomic mass is 10.1. The monoisotopic (exact) mass is 434 g/mol. The molecule has 0 saturated carbocycles. The number of imide groups is 1. The van der Waals surface area contributed by atoms with Gasteiger partial charge < -0.3 is 14.8 Å². The number of anilines is 2. The van der Waals surface area contributed by atoms with Crippen LogP contribution in [0.3, 0.4) is 0 Å². The number of aryl methyl sites for hydroxylation is 2. The molecule has 1 aliphatic heterocycles. The van der Waals surface area contributed by atoms with Crippen LogP contribution < -0.4 is 19.7 Å². The first-order chi connectivity index (χ1) is 14.9. The average molecular weight is 435 g/mol. The van der Waals surface area contributed by atoms with E-state index in [1.807, 2.05) is 43.5 Å². The van der Waals surface area contributed by atoms with Crippen molar-refractivity contribution in [3.05, 3.63) is 75.6 Å². The standard InChI is InChI=1S/C24H22N2O4S/c1-14-7-8-16(12-15(14)2)26-23(27)21(20-6-5-11-31-20)22(24(26)28)25-18-10-9-17(29-3)13-19(18)30-4/h5-13,25H,1-4H3. The van der Waals surface area contributed by atoms with E-state index < -0.39 is 5.91 Å². The van der Waals surface area contributed by atoms with Crippen molar-refractivity contribution in [3.63, 3.8) is 0 Å². The van der Waals surface area contributed by atoms with Gasteiger partial charge in [0.1, 0.15) is 17.2 Å². The zero-order valence-corrected chi connectivity index (χ0v) is 18.5. The Hall–Kier alpha value is -3.58. The molecule has 31 heavy (non-hydrogen) atoms. The number of benzene rings is 2. The largest absolute Gasteiger partial charge is 0.497 e. The number of hydrogen-bond donors (Lipinski definition) is 1. The Kier molecular flexibility index (Phi) is 5.52. The predicted molar refractivity (Wildman–Crippen MR) is 123 cm³/mol. The van der Waals surface area contributed by atoms with Crippen LogP contribution in [-0.2, 0) is 9.59 Å². The van der Waals surface area contributed by atoms with E-state index in [1.165, 1.54) is 23.3 Å². The number of hydrogen-bond acceptors (Lipinski definition) is 6. The molecule has 1 aromatic heterocycles. The van der Waals surface area contributed by atoms with Crippen molar-refractivity contribution in [2.24, 2.45) is 0 Å². The van der Waals surface area contributed by atoms with Crippen LogP contribution >= 0.6 is 11.3 Å². The second-order valence-electron chi connectivity index (χ2n) is 7.13. The summed E-state index contributed by atoms with van der Waals surface area (Å²) in [5.41, 5.74) is 3.77. The Bertz CT molecular complexity index is 1200. The van der Waals surface area contributed by atoms with E-state index in [0.717, 1.165) is 16.0 Å². The third kappa shape index (κ3) is 3.68. The highest BCUT2D eigenvalue weighted by atomic mass is 32.1. The second-order valence-corrected chi connectivity index (χ2v) is 8.08. The fourth-order valence-corrected chi connectivity index (χ4v) is 4.20. The zero-order valence-electron chi connectivity index (χ0n) is 17.7. The van der Waals surface area contributed by atoms with Crippen LogP contribution in [0.15, 0.2) is 59.6 Å². The quantitative estimate of drug-likeness (QED) is 0.566. The number of nitrogens with one attached hydrogen (secondary N) is 1. The van der Waals surface area contributed by atoms with E-state index in [4.69, 9.17) is 9.47 Å². The molecule has 158 valence electrons. The number of carbonyl (C=O) groups excluding carboxylic acids is 2. The molecule has 2 amide bonds. The van der Waals surface area contributed by atoms with Crippen LogP contribution in [0, 0.1) is 13.8 Å². The van der Waals surface area contributed by atoms with Gasteiger partial charge in [-0.1, -0.05) is 12.1 Å². The highest BCUT2D eigenvalue weighted by Crippen LogP contribution is 2.38. The molecule has 0 radical (unpaired) electrons. The minimum absolute atomic E-state index is 0.217. The third-order valence-electron chi connectivity index (χ3n) is 5.27. The SMILES string of the molecule is COc1ccc(NC2=C(c3cccs3)C(=O)N(c3ccc(C)c(C)c3)C2=O)c(OC)c1. The summed E-state index contributed by atoms with van der Waals surface area (Å²) in [7, 11) is 3.11. The summed E-state index contributed by atoms with van der Waals surface area (Å²) in [6.45, 7) is 3.95. The minimum Gasteiger partial charge on any atom is -0.497 e. The van der Waals surface area contributed by atoms with E-state index in [1.54, 1.807) is 31.4 Å². The molecular weight excluding hydrogens is 412 g/mol. The number of methoxy groups -OCH3 is 2. The lowest BCUT2D eigenvalue weighted by Gasteiger charge is -2.17. The molecule has 0 spiro atoms. The van der Waals surface area contributed by atoms with Crippen molar-refractivity contribution in [2.75, 3.05) is 24.4 Å². The van der Waals surface area contributed by atoms with E-state index in [9.17, 15) is 9.59 Å². The Labute approximate surface area is 184 Å². The van der Waals surface area contributed by atoms with Gasteiger partial charge in [0, 0.05) is 10.9 Å². The number of amides is 2. The van der Waals surface area contributed by atoms with Crippen molar-refractivity contribution in [3.8, 4) is 11.5 Å². The number of nitrogens with zero attached hydrogens (tertiary/aromatic N) is 1. The Morgan fingerprint density at radius 1 is 0.903 bits per heavy atom. The van der Waals surface area contributed by atoms with E-state index >= 15 is 0 Å². The average Bonchev–Trinajstić information content (AvgIpc) is 3.37. The summed E-state index contributed by atoms with van der Waals surface area (Å²) in [5.74, 6) is 0.364. The number of rotatable bonds is 6. The van der Waals surface area contributed by atoms with E-state index in [2.05, 4.69) is 5.32 Å². The highest BCUT2D eigenvalue weighted by Gasteiger charge is 2.41. The number of carbonyl (C=O) groups is 2. The maximum atomic E-state index is 13.5. The molecule has 3 aromatic rings. The van der Waals surface area contributed by atoms with Gasteiger partial charge in [-0.05, 0) is 60.7 Å². The molecule has 0 atom stereocenters. The first-order valence-electron chi connectivity index (χ1n) is 9.68. The topological polar surface area (TPSA) is 67.9 Å². The Morgan fingerprint density at radius 3 is 2.35 bits per heavy atom. The molecule has 1 aliphatic rings. The van der Waals surface area contributed by atoms with Crippen LogP contribution in [0.1, 0.15) is 16.0 Å². The molecule has 4 rings (SSSR count). The minimum atomic E-state index is -0.408. The van der Waals surface area contributed by atoms with Gasteiger partial charge in [0.15, 0.2) is 0 Å². The van der Waals surface area contributed by atoms with Gasteiger partial charge in [0.2, 0.25) is 0 Å². The molecule has 0 unspecified atom stereocenters. The van der Waals surface area contributed by atoms with Gasteiger partial charge in [0.25, 0.3) is 11.8 Å². The number of thiophene rings is 1. The first kappa shape index (κ1) is 20.7. The summed E-state index contributed by atoms with van der Waals surface area (Å²) >= 11 is 1.41. The molecule has 2 aromatic carbocycles.